The van der Waals surface area contributed by atoms with Gasteiger partial charge in [-0.3, -0.25) is 0 Å². The maximum absolute atomic E-state index is 2.55. The van der Waals surface area contributed by atoms with Crippen LogP contribution in [-0.2, 0) is 0 Å². The fraction of sp³-hybridized carbons (Fsp3) is 0. The monoisotopic (exact) mass is 730 g/mol. The zero-order chi connectivity index (χ0) is 37.9. The Bertz CT molecular complexity index is 3760. The highest BCUT2D eigenvalue weighted by atomic mass is 14.3. The van der Waals surface area contributed by atoms with Gasteiger partial charge in [-0.2, -0.15) is 0 Å². The van der Waals surface area contributed by atoms with Gasteiger partial charge in [0.15, 0.2) is 0 Å². The smallest absolute Gasteiger partial charge is 0.00134 e. The first kappa shape index (κ1) is 31.6. The van der Waals surface area contributed by atoms with Crippen molar-refractivity contribution in [2.24, 2.45) is 0 Å². The molecule has 0 saturated carbocycles. The number of benzene rings is 11. The molecule has 13 rings (SSSR count). The minimum atomic E-state index is 1.22. The molecule has 0 aromatic heterocycles. The minimum absolute atomic E-state index is 1.22. The van der Waals surface area contributed by atoms with E-state index in [1.165, 1.54) is 131 Å². The lowest BCUT2D eigenvalue weighted by molar-refractivity contribution is 1.60. The second-order valence-corrected chi connectivity index (χ2v) is 15.9. The van der Waals surface area contributed by atoms with Crippen LogP contribution in [0.15, 0.2) is 206 Å². The van der Waals surface area contributed by atoms with Crippen molar-refractivity contribution in [3.05, 3.63) is 206 Å². The summed E-state index contributed by atoms with van der Waals surface area (Å²) in [6, 6.07) is 76.9. The summed E-state index contributed by atoms with van der Waals surface area (Å²) in [6.07, 6.45) is 0. The molecule has 0 saturated heterocycles. The second kappa shape index (κ2) is 12.0. The average Bonchev–Trinajstić information content (AvgIpc) is 3.81. The maximum atomic E-state index is 2.55. The van der Waals surface area contributed by atoms with E-state index in [2.05, 4.69) is 206 Å². The van der Waals surface area contributed by atoms with Crippen molar-refractivity contribution in [1.29, 1.82) is 0 Å². The lowest BCUT2D eigenvalue weighted by atomic mass is 9.84. The second-order valence-electron chi connectivity index (χ2n) is 15.9. The van der Waals surface area contributed by atoms with Crippen LogP contribution in [0, 0.1) is 0 Å². The van der Waals surface area contributed by atoms with Crippen LogP contribution in [-0.4, -0.2) is 0 Å². The van der Waals surface area contributed by atoms with Crippen LogP contribution < -0.4 is 0 Å². The van der Waals surface area contributed by atoms with Gasteiger partial charge in [-0.25, -0.2) is 0 Å². The normalized spacial score (nSPS) is 12.1. The maximum Gasteiger partial charge on any atom is -0.00134 e. The molecule has 0 aliphatic rings. The highest BCUT2D eigenvalue weighted by molar-refractivity contribution is 6.48. The van der Waals surface area contributed by atoms with E-state index in [0.717, 1.165) is 0 Å². The van der Waals surface area contributed by atoms with E-state index in [4.69, 9.17) is 0 Å². The van der Waals surface area contributed by atoms with Crippen molar-refractivity contribution in [3.8, 4) is 44.5 Å². The van der Waals surface area contributed by atoms with Crippen molar-refractivity contribution >= 4 is 86.2 Å². The SMILES string of the molecule is c1ccc(-c2cccc(-c3c4ccccc4c(-c4cccc(-c5ccccc5)c4)c4cc5c(cc34)c3cccc4c6c7ccccc7c7cccc(c76)c5c34)c2)cc1. The van der Waals surface area contributed by atoms with Gasteiger partial charge in [-0.15, -0.1) is 0 Å². The summed E-state index contributed by atoms with van der Waals surface area (Å²) in [4.78, 5) is 0. The largest absolute Gasteiger partial charge is 0.0622 e. The predicted molar refractivity (Wildman–Crippen MR) is 251 cm³/mol. The first-order chi connectivity index (χ1) is 28.8. The Kier molecular flexibility index (Phi) is 6.54. The van der Waals surface area contributed by atoms with Crippen molar-refractivity contribution in [3.63, 3.8) is 0 Å². The first-order valence-corrected chi connectivity index (χ1v) is 20.3. The summed E-state index contributed by atoms with van der Waals surface area (Å²) >= 11 is 0. The van der Waals surface area contributed by atoms with E-state index >= 15 is 0 Å². The van der Waals surface area contributed by atoms with Gasteiger partial charge in [0.1, 0.15) is 0 Å². The molecule has 0 atom stereocenters. The number of rotatable bonds is 4. The van der Waals surface area contributed by atoms with Crippen LogP contribution >= 0.6 is 0 Å². The molecule has 266 valence electrons. The molecule has 0 aliphatic carbocycles. The number of hydrogen-bond donors (Lipinski definition) is 0. The first-order valence-electron chi connectivity index (χ1n) is 20.3. The Morgan fingerprint density at radius 2 is 0.483 bits per heavy atom. The Morgan fingerprint density at radius 1 is 0.155 bits per heavy atom. The standard InChI is InChI=1S/C58H34/c1-3-15-35(16-4-1)37-19-11-21-39(31-37)53-44-25-9-10-26-45(44)54(40-22-12-20-38(32-40)36-17-5-2-6-18-36)52-34-50-49(33-51(52)53)46-28-14-29-47-55-42-24-8-7-23-41(42)43-27-13-30-48(56(43)55)58(50)57(46)47/h1-34H. The summed E-state index contributed by atoms with van der Waals surface area (Å²) in [7, 11) is 0. The predicted octanol–water partition coefficient (Wildman–Crippen LogP) is 16.5. The van der Waals surface area contributed by atoms with Gasteiger partial charge in [0.25, 0.3) is 0 Å². The lowest BCUT2D eigenvalue weighted by Gasteiger charge is -2.19. The Hall–Kier alpha value is -7.54. The topological polar surface area (TPSA) is 0 Å². The van der Waals surface area contributed by atoms with Gasteiger partial charge < -0.3 is 0 Å². The molecule has 58 heavy (non-hydrogen) atoms. The summed E-state index contributed by atoms with van der Waals surface area (Å²) in [6.45, 7) is 0. The molecule has 0 amide bonds. The number of fused-ring (bicyclic) bond motifs is 10. The zero-order valence-corrected chi connectivity index (χ0v) is 31.6. The van der Waals surface area contributed by atoms with E-state index < -0.39 is 0 Å². The molecule has 0 radical (unpaired) electrons. The highest BCUT2D eigenvalue weighted by Gasteiger charge is 2.24. The fourth-order valence-corrected chi connectivity index (χ4v) is 10.5. The Morgan fingerprint density at radius 3 is 1.00 bits per heavy atom. The van der Waals surface area contributed by atoms with Crippen LogP contribution in [0.5, 0.6) is 0 Å². The molecule has 0 nitrogen and oxygen atoms in total. The van der Waals surface area contributed by atoms with E-state index in [-0.39, 0.29) is 0 Å². The van der Waals surface area contributed by atoms with Crippen molar-refractivity contribution < 1.29 is 0 Å². The van der Waals surface area contributed by atoms with E-state index in [0.29, 0.717) is 0 Å². The van der Waals surface area contributed by atoms with Crippen molar-refractivity contribution in [1.82, 2.24) is 0 Å². The molecule has 0 heteroatoms. The molecule has 0 N–H and O–H groups in total. The molecular formula is C58H34. The summed E-state index contributed by atoms with van der Waals surface area (Å²) < 4.78 is 0. The van der Waals surface area contributed by atoms with Crippen LogP contribution in [0.4, 0.5) is 0 Å². The van der Waals surface area contributed by atoms with Gasteiger partial charge >= 0.3 is 0 Å². The van der Waals surface area contributed by atoms with Crippen molar-refractivity contribution in [2.45, 2.75) is 0 Å². The van der Waals surface area contributed by atoms with Crippen LogP contribution in [0.2, 0.25) is 0 Å². The van der Waals surface area contributed by atoms with Crippen LogP contribution in [0.25, 0.3) is 131 Å². The molecule has 0 heterocycles. The third kappa shape index (κ3) is 4.35. The van der Waals surface area contributed by atoms with Crippen LogP contribution in [0.1, 0.15) is 0 Å². The Balaban J connectivity index is 1.23. The molecule has 0 fully saturated rings. The molecule has 0 bridgehead atoms. The van der Waals surface area contributed by atoms with Gasteiger partial charge in [0.05, 0.1) is 0 Å². The molecule has 0 spiro atoms. The molecule has 13 aromatic rings. The molecular weight excluding hydrogens is 697 g/mol. The molecule has 0 aliphatic heterocycles. The summed E-state index contributed by atoms with van der Waals surface area (Å²) in [5.41, 5.74) is 9.89. The molecule has 0 unspecified atom stereocenters. The zero-order valence-electron chi connectivity index (χ0n) is 31.6. The Labute approximate surface area is 335 Å². The van der Waals surface area contributed by atoms with E-state index in [1.807, 2.05) is 0 Å². The third-order valence-corrected chi connectivity index (χ3v) is 12.9. The lowest BCUT2D eigenvalue weighted by Crippen LogP contribution is -1.92. The minimum Gasteiger partial charge on any atom is -0.0622 e. The van der Waals surface area contributed by atoms with Gasteiger partial charge in [0, 0.05) is 0 Å². The van der Waals surface area contributed by atoms with Gasteiger partial charge in [0.2, 0.25) is 0 Å². The molecule has 13 aromatic carbocycles. The highest BCUT2D eigenvalue weighted by Crippen LogP contribution is 2.53. The van der Waals surface area contributed by atoms with Gasteiger partial charge in [-0.1, -0.05) is 182 Å². The fourth-order valence-electron chi connectivity index (χ4n) is 10.5. The third-order valence-electron chi connectivity index (χ3n) is 12.9. The van der Waals surface area contributed by atoms with Crippen LogP contribution in [0.3, 0.4) is 0 Å². The summed E-state index contributed by atoms with van der Waals surface area (Å²) in [5.74, 6) is 0. The average molecular weight is 731 g/mol. The van der Waals surface area contributed by atoms with Crippen molar-refractivity contribution in [2.75, 3.05) is 0 Å². The quantitative estimate of drug-likeness (QED) is 0.158. The van der Waals surface area contributed by atoms with E-state index in [9.17, 15) is 0 Å². The number of hydrogen-bond acceptors (Lipinski definition) is 0. The van der Waals surface area contributed by atoms with E-state index in [1.54, 1.807) is 0 Å². The summed E-state index contributed by atoms with van der Waals surface area (Å²) in [5, 5.41) is 21.2. The van der Waals surface area contributed by atoms with Gasteiger partial charge in [-0.05, 0) is 155 Å².